The van der Waals surface area contributed by atoms with Gasteiger partial charge in [-0.1, -0.05) is 0 Å². The van der Waals surface area contributed by atoms with Gasteiger partial charge in [-0.25, -0.2) is 8.42 Å². The van der Waals surface area contributed by atoms with Crippen LogP contribution >= 0.6 is 0 Å². The summed E-state index contributed by atoms with van der Waals surface area (Å²) in [6.07, 6.45) is 0. The maximum atomic E-state index is 12.7. The molecular formula is C17H27N3O6S. The van der Waals surface area contributed by atoms with Crippen LogP contribution in [0.1, 0.15) is 0 Å². The highest BCUT2D eigenvalue weighted by atomic mass is 32.2. The Kier molecular flexibility index (Phi) is 7.84. The number of carbonyl (C=O) groups excluding carboxylic acids is 1. The zero-order valence-corrected chi connectivity index (χ0v) is 16.8. The van der Waals surface area contributed by atoms with E-state index in [0.29, 0.717) is 37.8 Å². The van der Waals surface area contributed by atoms with Gasteiger partial charge in [-0.2, -0.15) is 4.31 Å². The van der Waals surface area contributed by atoms with Crippen molar-refractivity contribution in [2.45, 2.75) is 4.90 Å². The molecule has 1 amide bonds. The number of amides is 1. The molecule has 1 saturated heterocycles. The van der Waals surface area contributed by atoms with Crippen LogP contribution in [0.15, 0.2) is 23.1 Å². The summed E-state index contributed by atoms with van der Waals surface area (Å²) in [7, 11) is 0.444. The van der Waals surface area contributed by atoms with E-state index < -0.39 is 10.0 Å². The first-order valence-electron chi connectivity index (χ1n) is 8.63. The molecule has 9 nitrogen and oxygen atoms in total. The highest BCUT2D eigenvalue weighted by molar-refractivity contribution is 7.89. The number of nitrogens with one attached hydrogen (secondary N) is 1. The lowest BCUT2D eigenvalue weighted by Crippen LogP contribution is -2.43. The summed E-state index contributed by atoms with van der Waals surface area (Å²) in [6, 6.07) is 4.31. The molecule has 152 valence electrons. The third-order valence-electron chi connectivity index (χ3n) is 4.28. The standard InChI is InChI=1S/C17H27N3O6S/c1-19(13-17(21)18-6-7-20-8-10-26-11-9-20)27(22,23)14-4-5-15(24-2)16(12-14)25-3/h4-5,12H,6-11,13H2,1-3H3,(H,18,21). The number of rotatable bonds is 9. The van der Waals surface area contributed by atoms with Crippen LogP contribution in [0.4, 0.5) is 0 Å². The molecule has 10 heteroatoms. The zero-order valence-electron chi connectivity index (χ0n) is 15.9. The van der Waals surface area contributed by atoms with Gasteiger partial charge in [0.1, 0.15) is 0 Å². The van der Waals surface area contributed by atoms with E-state index in [0.717, 1.165) is 17.4 Å². The molecule has 1 aliphatic heterocycles. The third kappa shape index (κ3) is 5.80. The number of ether oxygens (including phenoxy) is 3. The van der Waals surface area contributed by atoms with Gasteiger partial charge in [0.25, 0.3) is 0 Å². The summed E-state index contributed by atoms with van der Waals surface area (Å²) in [4.78, 5) is 14.3. The highest BCUT2D eigenvalue weighted by Crippen LogP contribution is 2.30. The van der Waals surface area contributed by atoms with Crippen LogP contribution in [0, 0.1) is 0 Å². The van der Waals surface area contributed by atoms with Crippen molar-refractivity contribution in [1.29, 1.82) is 0 Å². The van der Waals surface area contributed by atoms with Crippen molar-refractivity contribution in [1.82, 2.24) is 14.5 Å². The summed E-state index contributed by atoms with van der Waals surface area (Å²) in [5.74, 6) is 0.386. The first-order valence-corrected chi connectivity index (χ1v) is 10.1. The number of hydrogen-bond donors (Lipinski definition) is 1. The first kappa shape index (κ1) is 21.4. The van der Waals surface area contributed by atoms with Gasteiger partial charge in [0.2, 0.25) is 15.9 Å². The maximum absolute atomic E-state index is 12.7. The Morgan fingerprint density at radius 3 is 2.52 bits per heavy atom. The monoisotopic (exact) mass is 401 g/mol. The summed E-state index contributed by atoms with van der Waals surface area (Å²) < 4.78 is 41.9. The number of nitrogens with zero attached hydrogens (tertiary/aromatic N) is 2. The largest absolute Gasteiger partial charge is 0.493 e. The minimum absolute atomic E-state index is 0.0313. The van der Waals surface area contributed by atoms with Crippen LogP contribution < -0.4 is 14.8 Å². The summed E-state index contributed by atoms with van der Waals surface area (Å²) in [6.45, 7) is 3.97. The fourth-order valence-corrected chi connectivity index (χ4v) is 3.82. The summed E-state index contributed by atoms with van der Waals surface area (Å²) >= 11 is 0. The fourth-order valence-electron chi connectivity index (χ4n) is 2.68. The SMILES string of the molecule is COc1ccc(S(=O)(=O)N(C)CC(=O)NCCN2CCOCC2)cc1OC. The molecule has 27 heavy (non-hydrogen) atoms. The van der Waals surface area contributed by atoms with Gasteiger partial charge in [-0.3, -0.25) is 9.69 Å². The predicted octanol–water partition coefficient (Wildman–Crippen LogP) is -0.227. The number of sulfonamides is 1. The predicted molar refractivity (Wildman–Crippen MR) is 99.6 cm³/mol. The minimum Gasteiger partial charge on any atom is -0.493 e. The van der Waals surface area contributed by atoms with E-state index in [1.807, 2.05) is 0 Å². The van der Waals surface area contributed by atoms with Crippen molar-refractivity contribution < 1.29 is 27.4 Å². The van der Waals surface area contributed by atoms with Crippen molar-refractivity contribution in [3.05, 3.63) is 18.2 Å². The van der Waals surface area contributed by atoms with Crippen molar-refractivity contribution in [3.63, 3.8) is 0 Å². The minimum atomic E-state index is -3.83. The Morgan fingerprint density at radius 1 is 1.22 bits per heavy atom. The molecule has 1 N–H and O–H groups in total. The second kappa shape index (κ2) is 9.88. The van der Waals surface area contributed by atoms with Gasteiger partial charge >= 0.3 is 0 Å². The molecule has 0 aliphatic carbocycles. The molecule has 1 heterocycles. The van der Waals surface area contributed by atoms with Gasteiger partial charge in [0.15, 0.2) is 11.5 Å². The quantitative estimate of drug-likeness (QED) is 0.611. The molecule has 0 saturated carbocycles. The van der Waals surface area contributed by atoms with Crippen LogP contribution in [-0.2, 0) is 19.6 Å². The van der Waals surface area contributed by atoms with Gasteiger partial charge < -0.3 is 19.5 Å². The van der Waals surface area contributed by atoms with Crippen molar-refractivity contribution in [2.75, 3.05) is 67.2 Å². The lowest BCUT2D eigenvalue weighted by Gasteiger charge is -2.26. The van der Waals surface area contributed by atoms with Crippen LogP contribution in [0.2, 0.25) is 0 Å². The molecule has 0 aromatic heterocycles. The first-order chi connectivity index (χ1) is 12.9. The van der Waals surface area contributed by atoms with E-state index >= 15 is 0 Å². The highest BCUT2D eigenvalue weighted by Gasteiger charge is 2.24. The van der Waals surface area contributed by atoms with E-state index in [4.69, 9.17) is 14.2 Å². The zero-order chi connectivity index (χ0) is 19.9. The van der Waals surface area contributed by atoms with Crippen LogP contribution in [0.25, 0.3) is 0 Å². The van der Waals surface area contributed by atoms with Gasteiger partial charge in [0, 0.05) is 39.3 Å². The van der Waals surface area contributed by atoms with Gasteiger partial charge in [0.05, 0.1) is 38.9 Å². The van der Waals surface area contributed by atoms with Gasteiger partial charge in [-0.05, 0) is 12.1 Å². The maximum Gasteiger partial charge on any atom is 0.243 e. The fraction of sp³-hybridized carbons (Fsp3) is 0.588. The van der Waals surface area contributed by atoms with E-state index in [9.17, 15) is 13.2 Å². The number of likely N-dealkylation sites (N-methyl/N-ethyl adjacent to an activating group) is 1. The Labute approximate surface area is 160 Å². The molecule has 0 unspecified atom stereocenters. The third-order valence-corrected chi connectivity index (χ3v) is 6.08. The Morgan fingerprint density at radius 2 is 1.89 bits per heavy atom. The van der Waals surface area contributed by atoms with E-state index in [2.05, 4.69) is 10.2 Å². The Balaban J connectivity index is 1.91. The van der Waals surface area contributed by atoms with E-state index in [1.54, 1.807) is 0 Å². The average Bonchev–Trinajstić information content (AvgIpc) is 2.68. The smallest absolute Gasteiger partial charge is 0.243 e. The lowest BCUT2D eigenvalue weighted by molar-refractivity contribution is -0.121. The second-order valence-corrected chi connectivity index (χ2v) is 8.13. The van der Waals surface area contributed by atoms with Crippen molar-refractivity contribution in [2.24, 2.45) is 0 Å². The molecule has 0 atom stereocenters. The van der Waals surface area contributed by atoms with E-state index in [1.165, 1.54) is 39.5 Å². The van der Waals surface area contributed by atoms with Crippen molar-refractivity contribution >= 4 is 15.9 Å². The number of benzene rings is 1. The molecule has 0 radical (unpaired) electrons. The molecule has 0 bridgehead atoms. The Bertz CT molecular complexity index is 734. The topological polar surface area (TPSA) is 97.4 Å². The second-order valence-electron chi connectivity index (χ2n) is 6.08. The van der Waals surface area contributed by atoms with Crippen LogP contribution in [-0.4, -0.2) is 90.7 Å². The normalized spacial score (nSPS) is 15.6. The molecule has 1 aromatic rings. The summed E-state index contributed by atoms with van der Waals surface area (Å²) in [5.41, 5.74) is 0. The molecule has 0 spiro atoms. The van der Waals surface area contributed by atoms with Crippen LogP contribution in [0.5, 0.6) is 11.5 Å². The van der Waals surface area contributed by atoms with E-state index in [-0.39, 0.29) is 17.3 Å². The number of carbonyl (C=O) groups is 1. The molecule has 1 fully saturated rings. The lowest BCUT2D eigenvalue weighted by atomic mass is 10.3. The molecule has 2 rings (SSSR count). The molecule has 1 aliphatic rings. The molecular weight excluding hydrogens is 374 g/mol. The number of methoxy groups -OCH3 is 2. The van der Waals surface area contributed by atoms with Crippen molar-refractivity contribution in [3.8, 4) is 11.5 Å². The summed E-state index contributed by atoms with van der Waals surface area (Å²) in [5, 5.41) is 2.75. The number of morpholine rings is 1. The average molecular weight is 401 g/mol. The van der Waals surface area contributed by atoms with Crippen LogP contribution in [0.3, 0.4) is 0 Å². The molecule has 1 aromatic carbocycles. The number of hydrogen-bond acceptors (Lipinski definition) is 7. The Hall–Kier alpha value is -1.88. The van der Waals surface area contributed by atoms with Gasteiger partial charge in [-0.15, -0.1) is 0 Å².